The summed E-state index contributed by atoms with van der Waals surface area (Å²) in [6.45, 7) is 0. The van der Waals surface area contributed by atoms with Crippen LogP contribution in [0.25, 0.3) is 27.7 Å². The van der Waals surface area contributed by atoms with Gasteiger partial charge in [0, 0.05) is 10.8 Å². The van der Waals surface area contributed by atoms with Crippen LogP contribution in [0, 0.1) is 116 Å². The third kappa shape index (κ3) is 5.41. The molecule has 0 fully saturated rings. The van der Waals surface area contributed by atoms with Gasteiger partial charge in [0.05, 0.1) is 27.6 Å². The molecular formula is C31BF23O2. The molecule has 57 heavy (non-hydrogen) atoms. The third-order valence-electron chi connectivity index (χ3n) is 8.07. The summed E-state index contributed by atoms with van der Waals surface area (Å²) in [6, 6.07) is 0. The Bertz CT molecular complexity index is 2660. The van der Waals surface area contributed by atoms with Crippen molar-refractivity contribution in [1.82, 2.24) is 0 Å². The van der Waals surface area contributed by atoms with E-state index in [1.807, 2.05) is 0 Å². The predicted molar refractivity (Wildman–Crippen MR) is 140 cm³/mol. The Kier molecular flexibility index (Phi) is 9.68. The van der Waals surface area contributed by atoms with Crippen molar-refractivity contribution in [3.63, 3.8) is 0 Å². The topological polar surface area (TPSA) is 18.5 Å². The van der Waals surface area contributed by atoms with E-state index < -0.39 is 185 Å². The monoisotopic (exact) mass is 852 g/mol. The van der Waals surface area contributed by atoms with Crippen LogP contribution in [0.2, 0.25) is 0 Å². The highest BCUT2D eigenvalue weighted by molar-refractivity contribution is 6.65. The Hall–Kier alpha value is -5.69. The Balaban J connectivity index is 1.80. The summed E-state index contributed by atoms with van der Waals surface area (Å²) in [5, 5.41) is -5.47. The molecule has 0 radical (unpaired) electrons. The molecule has 1 unspecified atom stereocenters. The lowest BCUT2D eigenvalue weighted by Gasteiger charge is -2.28. The molecule has 1 atom stereocenters. The lowest BCUT2D eigenvalue weighted by Crippen LogP contribution is -2.48. The highest BCUT2D eigenvalue weighted by Crippen LogP contribution is 2.53. The number of rotatable bonds is 6. The Morgan fingerprint density at radius 3 is 1.18 bits per heavy atom. The van der Waals surface area contributed by atoms with Gasteiger partial charge in [-0.1, -0.05) is 0 Å². The molecule has 0 aromatic heterocycles. The second-order valence-corrected chi connectivity index (χ2v) is 11.1. The number of alkyl halides is 1. The van der Waals surface area contributed by atoms with Gasteiger partial charge in [-0.05, 0) is 0 Å². The standard InChI is InChI=1S/C31BF23O2/c33-8-1-2(10(35)20(45)19(8)44)9(34)18(43)17(42)7(1)32(57-31(55)6-5(15(40)30(31)54)14(39)24(49)25(50)16(6)41)56-29-4(13(38)23(48)27(52)28(29)53)3-11(36)21(46)26(51)22(47)12(3)37. The van der Waals surface area contributed by atoms with Crippen LogP contribution in [0.5, 0.6) is 5.75 Å². The largest absolute Gasteiger partial charge is 0.569 e. The van der Waals surface area contributed by atoms with Gasteiger partial charge in [-0.3, -0.25) is 0 Å². The highest BCUT2D eigenvalue weighted by atomic mass is 19.2. The lowest BCUT2D eigenvalue weighted by atomic mass is 9.73. The fourth-order valence-electron chi connectivity index (χ4n) is 5.52. The molecule has 5 aromatic rings. The predicted octanol–water partition coefficient (Wildman–Crippen LogP) is 10.5. The van der Waals surface area contributed by atoms with E-state index in [2.05, 4.69) is 9.31 Å². The number of benzene rings is 5. The summed E-state index contributed by atoms with van der Waals surface area (Å²) in [7, 11) is -4.69. The SMILES string of the molecule is FC1=C(F)C(F)(OB(Oc2c(F)c(F)c(F)c(F)c2-c2c(F)c(F)c(F)c(F)c2F)c2c(F)c(F)c(F)c3c(F)c(F)c(F)c(F)c23)c2c(F)c(F)c(F)c(F)c21. The van der Waals surface area contributed by atoms with E-state index in [9.17, 15) is 74.6 Å². The van der Waals surface area contributed by atoms with Crippen LogP contribution in [0.4, 0.5) is 101 Å². The summed E-state index contributed by atoms with van der Waals surface area (Å²) in [4.78, 5) is 0. The van der Waals surface area contributed by atoms with Crippen LogP contribution in [0.3, 0.4) is 0 Å². The summed E-state index contributed by atoms with van der Waals surface area (Å²) < 4.78 is 349. The van der Waals surface area contributed by atoms with E-state index in [-0.39, 0.29) is 0 Å². The highest BCUT2D eigenvalue weighted by Gasteiger charge is 2.58. The molecule has 0 spiro atoms. The lowest BCUT2D eigenvalue weighted by molar-refractivity contribution is -0.0620. The zero-order valence-electron chi connectivity index (χ0n) is 25.6. The summed E-state index contributed by atoms with van der Waals surface area (Å²) >= 11 is 0. The molecule has 2 nitrogen and oxygen atoms in total. The van der Waals surface area contributed by atoms with Gasteiger partial charge in [-0.25, -0.2) is 92.2 Å². The van der Waals surface area contributed by atoms with Crippen molar-refractivity contribution in [3.05, 3.63) is 133 Å². The smallest absolute Gasteiger partial charge is 0.529 e. The molecule has 0 heterocycles. The minimum Gasteiger partial charge on any atom is -0.529 e. The van der Waals surface area contributed by atoms with E-state index in [0.717, 1.165) is 0 Å². The zero-order valence-corrected chi connectivity index (χ0v) is 25.6. The molecule has 0 amide bonds. The maximum atomic E-state index is 16.6. The van der Waals surface area contributed by atoms with Gasteiger partial charge < -0.3 is 9.31 Å². The number of fused-ring (bicyclic) bond motifs is 2. The fourth-order valence-corrected chi connectivity index (χ4v) is 5.52. The molecule has 26 heteroatoms. The maximum Gasteiger partial charge on any atom is 0.569 e. The van der Waals surface area contributed by atoms with Crippen molar-refractivity contribution in [2.75, 3.05) is 0 Å². The van der Waals surface area contributed by atoms with Gasteiger partial charge in [0.15, 0.2) is 110 Å². The second kappa shape index (κ2) is 13.5. The van der Waals surface area contributed by atoms with E-state index >= 15 is 26.3 Å². The second-order valence-electron chi connectivity index (χ2n) is 11.1. The molecule has 300 valence electrons. The van der Waals surface area contributed by atoms with Crippen LogP contribution in [0.15, 0.2) is 5.83 Å². The Labute approximate surface area is 296 Å². The van der Waals surface area contributed by atoms with Crippen LogP contribution >= 0.6 is 0 Å². The number of halogens is 23. The summed E-state index contributed by atoms with van der Waals surface area (Å²) in [6.07, 6.45) is 0. The Morgan fingerprint density at radius 2 is 0.684 bits per heavy atom. The minimum absolute atomic E-state index is 2.67. The molecule has 0 bridgehead atoms. The summed E-state index contributed by atoms with van der Waals surface area (Å²) in [5.74, 6) is -80.3. The number of hydrogen-bond donors (Lipinski definition) is 0. The third-order valence-corrected chi connectivity index (χ3v) is 8.07. The van der Waals surface area contributed by atoms with Gasteiger partial charge in [0.1, 0.15) is 0 Å². The van der Waals surface area contributed by atoms with Crippen molar-refractivity contribution < 1.29 is 110 Å². The van der Waals surface area contributed by atoms with Crippen LogP contribution in [0.1, 0.15) is 11.1 Å². The van der Waals surface area contributed by atoms with Gasteiger partial charge in [0.25, 0.3) is 5.85 Å². The van der Waals surface area contributed by atoms with Crippen LogP contribution in [-0.4, -0.2) is 7.12 Å². The van der Waals surface area contributed by atoms with Crippen molar-refractivity contribution in [2.45, 2.75) is 5.85 Å². The van der Waals surface area contributed by atoms with Gasteiger partial charge in [-0.15, -0.1) is 0 Å². The van der Waals surface area contributed by atoms with Crippen LogP contribution in [-0.2, 0) is 10.5 Å². The van der Waals surface area contributed by atoms with Gasteiger partial charge in [0.2, 0.25) is 23.3 Å². The molecule has 0 saturated carbocycles. The maximum absolute atomic E-state index is 16.6. The van der Waals surface area contributed by atoms with E-state index in [1.165, 1.54) is 0 Å². The van der Waals surface area contributed by atoms with Crippen molar-refractivity contribution in [1.29, 1.82) is 0 Å². The van der Waals surface area contributed by atoms with E-state index in [0.29, 0.717) is 0 Å². The van der Waals surface area contributed by atoms with Crippen molar-refractivity contribution in [3.8, 4) is 16.9 Å². The molecule has 6 rings (SSSR count). The molecule has 0 saturated heterocycles. The Morgan fingerprint density at radius 1 is 0.333 bits per heavy atom. The first-order valence-electron chi connectivity index (χ1n) is 14.0. The van der Waals surface area contributed by atoms with E-state index in [1.54, 1.807) is 0 Å². The first kappa shape index (κ1) is 41.0. The zero-order chi connectivity index (χ0) is 42.8. The van der Waals surface area contributed by atoms with Crippen LogP contribution < -0.4 is 10.1 Å². The van der Waals surface area contributed by atoms with Crippen molar-refractivity contribution in [2.24, 2.45) is 0 Å². The van der Waals surface area contributed by atoms with Gasteiger partial charge >= 0.3 is 7.12 Å². The first-order chi connectivity index (χ1) is 26.4. The average molecular weight is 852 g/mol. The quantitative estimate of drug-likeness (QED) is 0.0733. The normalized spacial score (nSPS) is 15.4. The molecule has 0 N–H and O–H groups in total. The molecule has 1 aliphatic carbocycles. The average Bonchev–Trinajstić information content (AvgIpc) is 3.37. The number of hydrogen-bond acceptors (Lipinski definition) is 2. The molecule has 1 aliphatic rings. The van der Waals surface area contributed by atoms with E-state index in [4.69, 9.17) is 0 Å². The molecule has 0 aliphatic heterocycles. The summed E-state index contributed by atoms with van der Waals surface area (Å²) in [5.41, 5.74) is -14.5. The first-order valence-corrected chi connectivity index (χ1v) is 14.0. The van der Waals surface area contributed by atoms with Gasteiger partial charge in [-0.2, -0.15) is 8.78 Å². The molecular weight excluding hydrogens is 852 g/mol. The fraction of sp³-hybridized carbons (Fsp3) is 0.0323. The minimum atomic E-state index is -5.76. The van der Waals surface area contributed by atoms with Crippen molar-refractivity contribution >= 4 is 29.2 Å². The molecule has 5 aromatic carbocycles.